The molecule has 1 saturated heterocycles. The highest BCUT2D eigenvalue weighted by atomic mass is 35.5. The molecular formula is C23H15ClFNO4S. The lowest BCUT2D eigenvalue weighted by Gasteiger charge is -2.14. The molecule has 31 heavy (non-hydrogen) atoms. The second-order valence-electron chi connectivity index (χ2n) is 6.80. The Hall–Kier alpha value is -3.16. The Balaban J connectivity index is 1.54. The number of carbonyl (C=O) groups is 3. The van der Waals surface area contributed by atoms with Gasteiger partial charge in [-0.25, -0.2) is 4.39 Å². The molecule has 2 aromatic carbocycles. The Morgan fingerprint density at radius 3 is 2.55 bits per heavy atom. The predicted octanol–water partition coefficient (Wildman–Crippen LogP) is 6.18. The van der Waals surface area contributed by atoms with E-state index in [1.807, 2.05) is 0 Å². The molecule has 0 aliphatic carbocycles. The van der Waals surface area contributed by atoms with Crippen LogP contribution in [0.1, 0.15) is 28.6 Å². The van der Waals surface area contributed by atoms with E-state index >= 15 is 0 Å². The quantitative estimate of drug-likeness (QED) is 0.339. The molecule has 156 valence electrons. The van der Waals surface area contributed by atoms with Crippen LogP contribution in [0.2, 0.25) is 5.02 Å². The van der Waals surface area contributed by atoms with Gasteiger partial charge in [0.15, 0.2) is 5.78 Å². The van der Waals surface area contributed by atoms with Crippen LogP contribution < -0.4 is 0 Å². The van der Waals surface area contributed by atoms with Crippen molar-refractivity contribution in [3.8, 4) is 11.3 Å². The summed E-state index contributed by atoms with van der Waals surface area (Å²) in [7, 11) is 0. The third kappa shape index (κ3) is 4.33. The molecule has 1 aliphatic heterocycles. The average molecular weight is 456 g/mol. The average Bonchev–Trinajstić information content (AvgIpc) is 3.30. The van der Waals surface area contributed by atoms with Crippen molar-refractivity contribution in [1.29, 1.82) is 0 Å². The van der Waals surface area contributed by atoms with Crippen molar-refractivity contribution in [3.05, 3.63) is 87.2 Å². The summed E-state index contributed by atoms with van der Waals surface area (Å²) in [6, 6.07) is 14.5. The second-order valence-corrected chi connectivity index (χ2v) is 8.20. The zero-order valence-corrected chi connectivity index (χ0v) is 17.8. The number of carbonyl (C=O) groups excluding carboxylic acids is 3. The minimum atomic E-state index is -0.581. The lowest BCUT2D eigenvalue weighted by atomic mass is 10.1. The van der Waals surface area contributed by atoms with Crippen molar-refractivity contribution in [1.82, 2.24) is 4.90 Å². The van der Waals surface area contributed by atoms with Gasteiger partial charge in [-0.1, -0.05) is 41.9 Å². The molecule has 1 aromatic heterocycles. The molecule has 0 N–H and O–H groups in total. The lowest BCUT2D eigenvalue weighted by Crippen LogP contribution is -2.28. The highest BCUT2D eigenvalue weighted by Gasteiger charge is 2.36. The fourth-order valence-electron chi connectivity index (χ4n) is 3.06. The number of imide groups is 1. The Labute approximate surface area is 186 Å². The van der Waals surface area contributed by atoms with Gasteiger partial charge >= 0.3 is 0 Å². The van der Waals surface area contributed by atoms with E-state index in [0.717, 1.165) is 22.2 Å². The number of thioether (sulfide) groups is 1. The van der Waals surface area contributed by atoms with E-state index in [1.165, 1.54) is 31.2 Å². The van der Waals surface area contributed by atoms with E-state index in [1.54, 1.807) is 36.4 Å². The van der Waals surface area contributed by atoms with Crippen LogP contribution in [0.15, 0.2) is 63.9 Å². The molecule has 0 saturated carbocycles. The third-order valence-corrected chi connectivity index (χ3v) is 5.99. The summed E-state index contributed by atoms with van der Waals surface area (Å²) in [5.41, 5.74) is 1.45. The van der Waals surface area contributed by atoms with Gasteiger partial charge in [0.25, 0.3) is 11.1 Å². The van der Waals surface area contributed by atoms with Crippen LogP contribution in [-0.2, 0) is 11.3 Å². The number of hydrogen-bond donors (Lipinski definition) is 0. The van der Waals surface area contributed by atoms with Crippen molar-refractivity contribution >= 4 is 46.4 Å². The van der Waals surface area contributed by atoms with E-state index in [0.29, 0.717) is 17.1 Å². The molecule has 2 heterocycles. The number of furan rings is 1. The Morgan fingerprint density at radius 2 is 1.87 bits per heavy atom. The van der Waals surface area contributed by atoms with E-state index in [4.69, 9.17) is 16.0 Å². The number of rotatable bonds is 5. The maximum absolute atomic E-state index is 14.0. The number of amides is 2. The summed E-state index contributed by atoms with van der Waals surface area (Å²) in [5, 5.41) is -0.364. The van der Waals surface area contributed by atoms with Crippen molar-refractivity contribution in [2.75, 3.05) is 0 Å². The molecule has 4 rings (SSSR count). The second kappa shape index (κ2) is 8.53. The van der Waals surface area contributed by atoms with Crippen LogP contribution in [0.4, 0.5) is 9.18 Å². The Kier molecular flexibility index (Phi) is 5.80. The van der Waals surface area contributed by atoms with E-state index in [-0.39, 0.29) is 27.8 Å². The first-order chi connectivity index (χ1) is 14.8. The highest BCUT2D eigenvalue weighted by molar-refractivity contribution is 8.18. The SMILES string of the molecule is CC(=O)c1ccc(-c2ccc(/C=C3/SC(=O)N(Cc4c(F)cccc4Cl)C3=O)o2)cc1. The van der Waals surface area contributed by atoms with Crippen LogP contribution in [-0.4, -0.2) is 21.8 Å². The molecule has 5 nitrogen and oxygen atoms in total. The molecule has 0 spiro atoms. The summed E-state index contributed by atoms with van der Waals surface area (Å²) in [6.07, 6.45) is 1.47. The third-order valence-electron chi connectivity index (χ3n) is 4.73. The normalized spacial score (nSPS) is 15.2. The standard InChI is InChI=1S/C23H15ClFNO4S/c1-13(27)14-5-7-15(8-6-14)20-10-9-16(30-20)11-21-22(28)26(23(29)31-21)12-17-18(24)3-2-4-19(17)25/h2-11H,12H2,1H3/b21-11+. The first kappa shape index (κ1) is 21.1. The summed E-state index contributed by atoms with van der Waals surface area (Å²) >= 11 is 6.77. The topological polar surface area (TPSA) is 67.6 Å². The van der Waals surface area contributed by atoms with Crippen molar-refractivity contribution in [3.63, 3.8) is 0 Å². The van der Waals surface area contributed by atoms with E-state index in [9.17, 15) is 18.8 Å². The number of Topliss-reactive ketones (excluding diaryl/α,β-unsaturated/α-hetero) is 1. The first-order valence-electron chi connectivity index (χ1n) is 9.23. The lowest BCUT2D eigenvalue weighted by molar-refractivity contribution is -0.123. The van der Waals surface area contributed by atoms with Gasteiger partial charge in [-0.2, -0.15) is 0 Å². The summed E-state index contributed by atoms with van der Waals surface area (Å²) in [6.45, 7) is 1.24. The Bertz CT molecular complexity index is 1210. The molecule has 0 unspecified atom stereocenters. The molecule has 2 amide bonds. The zero-order valence-electron chi connectivity index (χ0n) is 16.2. The largest absolute Gasteiger partial charge is 0.457 e. The highest BCUT2D eigenvalue weighted by Crippen LogP contribution is 2.35. The fraction of sp³-hybridized carbons (Fsp3) is 0.0870. The zero-order chi connectivity index (χ0) is 22.1. The molecule has 8 heteroatoms. The van der Waals surface area contributed by atoms with Crippen LogP contribution in [0.5, 0.6) is 0 Å². The van der Waals surface area contributed by atoms with Gasteiger partial charge in [-0.15, -0.1) is 0 Å². The fourth-order valence-corrected chi connectivity index (χ4v) is 4.10. The van der Waals surface area contributed by atoms with E-state index < -0.39 is 17.0 Å². The molecule has 1 fully saturated rings. The summed E-state index contributed by atoms with van der Waals surface area (Å²) < 4.78 is 19.8. The van der Waals surface area contributed by atoms with Gasteiger partial charge in [0.2, 0.25) is 0 Å². The van der Waals surface area contributed by atoms with Gasteiger partial charge in [-0.3, -0.25) is 19.3 Å². The van der Waals surface area contributed by atoms with Crippen LogP contribution >= 0.6 is 23.4 Å². The maximum Gasteiger partial charge on any atom is 0.293 e. The van der Waals surface area contributed by atoms with Gasteiger partial charge in [0.05, 0.1) is 11.4 Å². The smallest absolute Gasteiger partial charge is 0.293 e. The van der Waals surface area contributed by atoms with Crippen LogP contribution in [0.3, 0.4) is 0 Å². The maximum atomic E-state index is 14.0. The van der Waals surface area contributed by atoms with Crippen molar-refractivity contribution in [2.45, 2.75) is 13.5 Å². The Morgan fingerprint density at radius 1 is 1.13 bits per heavy atom. The number of hydrogen-bond acceptors (Lipinski definition) is 5. The van der Waals surface area contributed by atoms with Gasteiger partial charge in [-0.05, 0) is 43.0 Å². The van der Waals surface area contributed by atoms with Crippen LogP contribution in [0.25, 0.3) is 17.4 Å². The first-order valence-corrected chi connectivity index (χ1v) is 10.4. The van der Waals surface area contributed by atoms with Crippen LogP contribution in [0, 0.1) is 5.82 Å². The molecular weight excluding hydrogens is 441 g/mol. The monoisotopic (exact) mass is 455 g/mol. The number of halogens is 2. The summed E-state index contributed by atoms with van der Waals surface area (Å²) in [4.78, 5) is 37.6. The molecule has 0 atom stereocenters. The van der Waals surface area contributed by atoms with Crippen molar-refractivity contribution < 1.29 is 23.2 Å². The number of ketones is 1. The summed E-state index contributed by atoms with van der Waals surface area (Å²) in [5.74, 6) is -0.210. The minimum Gasteiger partial charge on any atom is -0.457 e. The van der Waals surface area contributed by atoms with Crippen molar-refractivity contribution in [2.24, 2.45) is 0 Å². The minimum absolute atomic E-state index is 0.0286. The van der Waals surface area contributed by atoms with Gasteiger partial charge in [0.1, 0.15) is 17.3 Å². The number of benzene rings is 2. The number of nitrogens with zero attached hydrogens (tertiary/aromatic N) is 1. The predicted molar refractivity (Wildman–Crippen MR) is 117 cm³/mol. The van der Waals surface area contributed by atoms with Gasteiger partial charge in [0, 0.05) is 27.8 Å². The molecule has 1 aliphatic rings. The van der Waals surface area contributed by atoms with E-state index in [2.05, 4.69) is 0 Å². The molecule has 0 radical (unpaired) electrons. The van der Waals surface area contributed by atoms with Gasteiger partial charge < -0.3 is 4.42 Å². The molecule has 0 bridgehead atoms. The molecule has 3 aromatic rings.